The summed E-state index contributed by atoms with van der Waals surface area (Å²) >= 11 is 2.84. The van der Waals surface area contributed by atoms with Crippen LogP contribution in [-0.2, 0) is 5.33 Å². The maximum absolute atomic E-state index is 13.2. The summed E-state index contributed by atoms with van der Waals surface area (Å²) in [5, 5.41) is 10.2. The molecule has 0 aliphatic rings. The Hall–Kier alpha value is -1.18. The van der Waals surface area contributed by atoms with Crippen molar-refractivity contribution in [3.63, 3.8) is 0 Å². The first kappa shape index (κ1) is 11.9. The average Bonchev–Trinajstić information content (AvgIpc) is 2.17. The highest BCUT2D eigenvalue weighted by Gasteiger charge is 2.27. The van der Waals surface area contributed by atoms with Crippen molar-refractivity contribution in [2.45, 2.75) is 11.8 Å². The molecule has 1 rings (SSSR count). The first-order valence-electron chi connectivity index (χ1n) is 3.65. The normalized spacial score (nSPS) is 10.7. The van der Waals surface area contributed by atoms with Gasteiger partial charge in [-0.25, -0.2) is 13.2 Å². The Kier molecular flexibility index (Phi) is 3.61. The summed E-state index contributed by atoms with van der Waals surface area (Å²) in [6.45, 7) is 0. The van der Waals surface area contributed by atoms with Gasteiger partial charge in [-0.15, -0.1) is 0 Å². The van der Waals surface area contributed by atoms with Gasteiger partial charge in [0, 0.05) is 17.0 Å². The quantitative estimate of drug-likeness (QED) is 0.487. The average molecular weight is 285 g/mol. The first-order valence-corrected chi connectivity index (χ1v) is 4.77. The molecule has 4 nitrogen and oxygen atoms in total. The highest BCUT2D eigenvalue weighted by atomic mass is 79.9. The van der Waals surface area contributed by atoms with E-state index >= 15 is 0 Å². The molecule has 0 N–H and O–H groups in total. The van der Waals surface area contributed by atoms with E-state index in [1.165, 1.54) is 0 Å². The molecule has 0 atom stereocenters. The van der Waals surface area contributed by atoms with Crippen LogP contribution in [0.5, 0.6) is 0 Å². The van der Waals surface area contributed by atoms with Gasteiger partial charge in [0.1, 0.15) is 0 Å². The van der Waals surface area contributed by atoms with E-state index < -0.39 is 28.7 Å². The Labute approximate surface area is 90.4 Å². The Morgan fingerprint density at radius 1 is 1.60 bits per heavy atom. The SMILES string of the molecule is O=[N+]([O-])c1cc(CBr)c(F)c(C(F)F)n1. The maximum Gasteiger partial charge on any atom is 0.364 e. The van der Waals surface area contributed by atoms with Crippen molar-refractivity contribution in [1.82, 2.24) is 4.98 Å². The van der Waals surface area contributed by atoms with Gasteiger partial charge in [-0.05, 0) is 9.91 Å². The third kappa shape index (κ3) is 2.44. The van der Waals surface area contributed by atoms with Gasteiger partial charge in [0.2, 0.25) is 0 Å². The van der Waals surface area contributed by atoms with E-state index in [4.69, 9.17) is 0 Å². The molecule has 1 aromatic heterocycles. The van der Waals surface area contributed by atoms with E-state index in [0.717, 1.165) is 6.07 Å². The van der Waals surface area contributed by atoms with Crippen LogP contribution in [0.15, 0.2) is 6.07 Å². The molecule has 15 heavy (non-hydrogen) atoms. The molecule has 1 heterocycles. The van der Waals surface area contributed by atoms with Crippen molar-refractivity contribution in [3.05, 3.63) is 33.3 Å². The summed E-state index contributed by atoms with van der Waals surface area (Å²) < 4.78 is 37.7. The second kappa shape index (κ2) is 4.56. The minimum Gasteiger partial charge on any atom is -0.358 e. The molecule has 1 aromatic rings. The third-order valence-electron chi connectivity index (χ3n) is 1.58. The predicted molar refractivity (Wildman–Crippen MR) is 48.4 cm³/mol. The molecule has 0 amide bonds. The number of aromatic nitrogens is 1. The van der Waals surface area contributed by atoms with E-state index in [-0.39, 0.29) is 10.9 Å². The zero-order chi connectivity index (χ0) is 11.6. The summed E-state index contributed by atoms with van der Waals surface area (Å²) in [6, 6.07) is 0.815. The van der Waals surface area contributed by atoms with Crippen LogP contribution >= 0.6 is 15.9 Å². The summed E-state index contributed by atoms with van der Waals surface area (Å²) in [6.07, 6.45) is -3.18. The third-order valence-corrected chi connectivity index (χ3v) is 2.19. The molecule has 0 saturated heterocycles. The Morgan fingerprint density at radius 3 is 2.60 bits per heavy atom. The number of hydrogen-bond acceptors (Lipinski definition) is 3. The number of pyridine rings is 1. The molecule has 82 valence electrons. The number of nitro groups is 1. The monoisotopic (exact) mass is 284 g/mol. The zero-order valence-corrected chi connectivity index (χ0v) is 8.67. The molecule has 0 unspecified atom stereocenters. The van der Waals surface area contributed by atoms with Crippen molar-refractivity contribution in [2.75, 3.05) is 0 Å². The molecule has 0 spiro atoms. The molecule has 0 bridgehead atoms. The highest BCUT2D eigenvalue weighted by molar-refractivity contribution is 9.08. The summed E-state index contributed by atoms with van der Waals surface area (Å²) in [5.74, 6) is -2.01. The van der Waals surface area contributed by atoms with Crippen molar-refractivity contribution < 1.29 is 18.1 Å². The molecule has 0 saturated carbocycles. The van der Waals surface area contributed by atoms with Crippen molar-refractivity contribution in [3.8, 4) is 0 Å². The molecule has 8 heteroatoms. The molecule has 0 radical (unpaired) electrons. The lowest BCUT2D eigenvalue weighted by atomic mass is 10.2. The minimum absolute atomic E-state index is 0.0953. The van der Waals surface area contributed by atoms with Crippen LogP contribution in [0.1, 0.15) is 17.7 Å². The standard InChI is InChI=1S/C7H4BrF3N2O2/c8-2-3-1-4(13(14)15)12-6(5(3)9)7(10)11/h1,7H,2H2. The van der Waals surface area contributed by atoms with Gasteiger partial charge in [-0.3, -0.25) is 0 Å². The second-order valence-electron chi connectivity index (χ2n) is 2.53. The minimum atomic E-state index is -3.18. The lowest BCUT2D eigenvalue weighted by molar-refractivity contribution is -0.389. The van der Waals surface area contributed by atoms with Crippen LogP contribution in [-0.4, -0.2) is 9.91 Å². The van der Waals surface area contributed by atoms with E-state index in [2.05, 4.69) is 20.9 Å². The van der Waals surface area contributed by atoms with Crippen molar-refractivity contribution in [2.24, 2.45) is 0 Å². The van der Waals surface area contributed by atoms with Crippen molar-refractivity contribution >= 4 is 21.7 Å². The maximum atomic E-state index is 13.2. The van der Waals surface area contributed by atoms with Crippen molar-refractivity contribution in [1.29, 1.82) is 0 Å². The van der Waals surface area contributed by atoms with Crippen LogP contribution in [0.2, 0.25) is 0 Å². The summed E-state index contributed by atoms with van der Waals surface area (Å²) in [4.78, 5) is 12.3. The second-order valence-corrected chi connectivity index (χ2v) is 3.09. The summed E-state index contributed by atoms with van der Waals surface area (Å²) in [7, 11) is 0. The number of nitrogens with zero attached hydrogens (tertiary/aromatic N) is 2. The zero-order valence-electron chi connectivity index (χ0n) is 7.08. The smallest absolute Gasteiger partial charge is 0.358 e. The number of rotatable bonds is 3. The fraction of sp³-hybridized carbons (Fsp3) is 0.286. The predicted octanol–water partition coefficient (Wildman–Crippen LogP) is 2.96. The molecule has 0 aliphatic carbocycles. The molecule has 0 fully saturated rings. The largest absolute Gasteiger partial charge is 0.364 e. The number of alkyl halides is 3. The lowest BCUT2D eigenvalue weighted by Crippen LogP contribution is -2.03. The molecular weight excluding hydrogens is 281 g/mol. The van der Waals surface area contributed by atoms with Crippen LogP contribution in [0.25, 0.3) is 0 Å². The topological polar surface area (TPSA) is 56.0 Å². The van der Waals surface area contributed by atoms with Gasteiger partial charge in [-0.1, -0.05) is 15.9 Å². The summed E-state index contributed by atoms with van der Waals surface area (Å²) in [5.41, 5.74) is -1.41. The van der Waals surface area contributed by atoms with Crippen LogP contribution in [0.3, 0.4) is 0 Å². The van der Waals surface area contributed by atoms with E-state index in [9.17, 15) is 23.3 Å². The van der Waals surface area contributed by atoms with Gasteiger partial charge in [0.15, 0.2) is 5.82 Å². The number of halogens is 4. The van der Waals surface area contributed by atoms with Gasteiger partial charge >= 0.3 is 12.2 Å². The van der Waals surface area contributed by atoms with Crippen LogP contribution < -0.4 is 0 Å². The Bertz CT molecular complexity index is 400. The van der Waals surface area contributed by atoms with Gasteiger partial charge < -0.3 is 10.1 Å². The number of hydrogen-bond donors (Lipinski definition) is 0. The lowest BCUT2D eigenvalue weighted by Gasteiger charge is -2.01. The van der Waals surface area contributed by atoms with E-state index in [0.29, 0.717) is 0 Å². The van der Waals surface area contributed by atoms with Gasteiger partial charge in [-0.2, -0.15) is 0 Å². The Morgan fingerprint density at radius 2 is 2.20 bits per heavy atom. The highest BCUT2D eigenvalue weighted by Crippen LogP contribution is 2.26. The van der Waals surface area contributed by atoms with Gasteiger partial charge in [0.05, 0.1) is 0 Å². The fourth-order valence-corrected chi connectivity index (χ4v) is 1.33. The fourth-order valence-electron chi connectivity index (χ4n) is 0.924. The van der Waals surface area contributed by atoms with Gasteiger partial charge in [0.25, 0.3) is 5.69 Å². The van der Waals surface area contributed by atoms with E-state index in [1.54, 1.807) is 0 Å². The molecular formula is C7H4BrF3N2O2. The van der Waals surface area contributed by atoms with Crippen LogP contribution in [0.4, 0.5) is 19.0 Å². The molecule has 0 aliphatic heterocycles. The van der Waals surface area contributed by atoms with Crippen LogP contribution in [0, 0.1) is 15.9 Å². The molecule has 0 aromatic carbocycles. The van der Waals surface area contributed by atoms with E-state index in [1.807, 2.05) is 0 Å². The Balaban J connectivity index is 3.38. The first-order chi connectivity index (χ1) is 6.97.